The summed E-state index contributed by atoms with van der Waals surface area (Å²) in [6, 6.07) is 9.08. The second-order valence-corrected chi connectivity index (χ2v) is 7.77. The largest absolute Gasteiger partial charge is 0.361 e. The number of aryl methyl sites for hydroxylation is 1. The van der Waals surface area contributed by atoms with Gasteiger partial charge in [-0.1, -0.05) is 30.3 Å². The van der Waals surface area contributed by atoms with E-state index in [1.54, 1.807) is 23.2 Å². The Labute approximate surface area is 173 Å². The first-order valence-corrected chi connectivity index (χ1v) is 10.2. The minimum atomic E-state index is -0.0898. The van der Waals surface area contributed by atoms with Crippen molar-refractivity contribution in [3.63, 3.8) is 0 Å². The number of aromatic nitrogens is 2. The van der Waals surface area contributed by atoms with Crippen LogP contribution in [-0.2, 0) is 11.3 Å². The van der Waals surface area contributed by atoms with Crippen molar-refractivity contribution >= 4 is 40.2 Å². The molecule has 0 bridgehead atoms. The third-order valence-electron chi connectivity index (χ3n) is 4.38. The molecular formula is C20H21ClN4O2S. The summed E-state index contributed by atoms with van der Waals surface area (Å²) in [5, 5.41) is 3.00. The van der Waals surface area contributed by atoms with E-state index in [4.69, 9.17) is 11.6 Å². The van der Waals surface area contributed by atoms with Crippen LogP contribution in [0.15, 0.2) is 47.1 Å². The number of benzene rings is 1. The molecule has 6 nitrogen and oxygen atoms in total. The number of anilines is 1. The highest BCUT2D eigenvalue weighted by Gasteiger charge is 2.25. The van der Waals surface area contributed by atoms with Crippen molar-refractivity contribution in [3.05, 3.63) is 64.1 Å². The van der Waals surface area contributed by atoms with Gasteiger partial charge in [-0.25, -0.2) is 9.97 Å². The average Bonchev–Trinajstić information content (AvgIpc) is 2.86. The first-order valence-electron chi connectivity index (χ1n) is 8.89. The molecule has 28 heavy (non-hydrogen) atoms. The summed E-state index contributed by atoms with van der Waals surface area (Å²) in [7, 11) is 0. The van der Waals surface area contributed by atoms with Crippen molar-refractivity contribution in [2.75, 3.05) is 17.7 Å². The van der Waals surface area contributed by atoms with Crippen molar-refractivity contribution in [3.8, 4) is 0 Å². The van der Waals surface area contributed by atoms with Gasteiger partial charge in [-0.15, -0.1) is 11.6 Å². The highest BCUT2D eigenvalue weighted by atomic mass is 35.5. The van der Waals surface area contributed by atoms with Crippen molar-refractivity contribution in [2.24, 2.45) is 0 Å². The van der Waals surface area contributed by atoms with Gasteiger partial charge in [-0.3, -0.25) is 9.59 Å². The van der Waals surface area contributed by atoms with Crippen LogP contribution >= 0.6 is 23.4 Å². The van der Waals surface area contributed by atoms with E-state index >= 15 is 0 Å². The summed E-state index contributed by atoms with van der Waals surface area (Å²) in [5.41, 5.74) is 2.18. The molecule has 0 fully saturated rings. The maximum Gasteiger partial charge on any atom is 0.246 e. The van der Waals surface area contributed by atoms with Crippen LogP contribution in [0.1, 0.15) is 35.1 Å². The number of nitrogens with one attached hydrogen (secondary N) is 1. The fourth-order valence-corrected chi connectivity index (χ4v) is 4.11. The number of allylic oxidation sites excluding steroid dienone is 2. The van der Waals surface area contributed by atoms with Gasteiger partial charge in [0.25, 0.3) is 0 Å². The number of hydrogen-bond acceptors (Lipinski definition) is 6. The van der Waals surface area contributed by atoms with Crippen LogP contribution in [0.5, 0.6) is 0 Å². The topological polar surface area (TPSA) is 75.2 Å². The van der Waals surface area contributed by atoms with Crippen LogP contribution in [-0.4, -0.2) is 38.3 Å². The lowest BCUT2D eigenvalue weighted by Gasteiger charge is -2.24. The van der Waals surface area contributed by atoms with Gasteiger partial charge in [0.15, 0.2) is 0 Å². The van der Waals surface area contributed by atoms with Crippen molar-refractivity contribution in [1.82, 2.24) is 14.9 Å². The first kappa shape index (κ1) is 20.4. The van der Waals surface area contributed by atoms with E-state index in [1.165, 1.54) is 0 Å². The summed E-state index contributed by atoms with van der Waals surface area (Å²) >= 11 is 7.11. The van der Waals surface area contributed by atoms with Crippen LogP contribution < -0.4 is 5.32 Å². The Bertz CT molecular complexity index is 918. The molecule has 0 saturated heterocycles. The van der Waals surface area contributed by atoms with E-state index in [1.807, 2.05) is 32.0 Å². The predicted octanol–water partition coefficient (Wildman–Crippen LogP) is 3.97. The van der Waals surface area contributed by atoms with Crippen molar-refractivity contribution in [2.45, 2.75) is 26.8 Å². The number of hydrogen-bond donors (Lipinski definition) is 1. The molecule has 1 aliphatic rings. The fourth-order valence-electron chi connectivity index (χ4n) is 2.87. The summed E-state index contributed by atoms with van der Waals surface area (Å²) in [6.07, 6.45) is 2.23. The lowest BCUT2D eigenvalue weighted by Crippen LogP contribution is -2.32. The maximum absolute atomic E-state index is 12.7. The third-order valence-corrected chi connectivity index (χ3v) is 5.73. The minimum absolute atomic E-state index is 0.0696. The molecule has 0 radical (unpaired) electrons. The van der Waals surface area contributed by atoms with Crippen LogP contribution in [0.2, 0.25) is 0 Å². The van der Waals surface area contributed by atoms with Gasteiger partial charge in [0.2, 0.25) is 11.0 Å². The summed E-state index contributed by atoms with van der Waals surface area (Å²) < 4.78 is 0. The number of carbonyl (C=O) groups is 2. The number of fused-ring (bicyclic) bond motifs is 1. The molecule has 1 N–H and O–H groups in total. The quantitative estimate of drug-likeness (QED) is 0.743. The number of nitrogens with zero attached hydrogens (tertiary/aromatic N) is 3. The SMILES string of the molecule is C/C(=C(\CCCl)SC(=O)c1ccccc1)N1Cc2cnc(C)nc2NCC1=O. The molecular weight excluding hydrogens is 396 g/mol. The molecule has 0 spiro atoms. The van der Waals surface area contributed by atoms with Crippen LogP contribution in [0, 0.1) is 6.92 Å². The molecule has 0 unspecified atom stereocenters. The standard InChI is InChI=1S/C20H21ClN4O2S/c1-13(17(8-9-21)28-20(27)15-6-4-3-5-7-15)25-12-16-10-22-14(2)24-19(16)23-11-18(25)26/h3-7,10H,8-9,11-12H2,1-2H3,(H,22,23,24)/b17-13-. The summed E-state index contributed by atoms with van der Waals surface area (Å²) in [5.74, 6) is 1.59. The van der Waals surface area contributed by atoms with E-state index in [0.29, 0.717) is 36.1 Å². The van der Waals surface area contributed by atoms with Gasteiger partial charge in [-0.05, 0) is 32.0 Å². The second-order valence-electron chi connectivity index (χ2n) is 6.33. The van der Waals surface area contributed by atoms with E-state index in [9.17, 15) is 9.59 Å². The Morgan fingerprint density at radius 2 is 2.07 bits per heavy atom. The van der Waals surface area contributed by atoms with Gasteiger partial charge in [0.05, 0.1) is 13.1 Å². The monoisotopic (exact) mass is 416 g/mol. The zero-order valence-corrected chi connectivity index (χ0v) is 17.3. The van der Waals surface area contributed by atoms with E-state index in [0.717, 1.165) is 27.9 Å². The molecule has 3 rings (SSSR count). The second kappa shape index (κ2) is 9.21. The van der Waals surface area contributed by atoms with Gasteiger partial charge in [-0.2, -0.15) is 0 Å². The Morgan fingerprint density at radius 3 is 2.79 bits per heavy atom. The number of alkyl halides is 1. The summed E-state index contributed by atoms with van der Waals surface area (Å²) in [6.45, 7) is 4.14. The van der Waals surface area contributed by atoms with Crippen molar-refractivity contribution < 1.29 is 9.59 Å². The Kier molecular flexibility index (Phi) is 6.70. The Hall–Kier alpha value is -2.38. The number of halogens is 1. The molecule has 1 aromatic carbocycles. The molecule has 1 aromatic heterocycles. The van der Waals surface area contributed by atoms with E-state index in [-0.39, 0.29) is 17.6 Å². The lowest BCUT2D eigenvalue weighted by molar-refractivity contribution is -0.127. The third kappa shape index (κ3) is 4.72. The van der Waals surface area contributed by atoms with Gasteiger partial charge in [0.1, 0.15) is 11.6 Å². The highest BCUT2D eigenvalue weighted by molar-refractivity contribution is 8.17. The average molecular weight is 417 g/mol. The smallest absolute Gasteiger partial charge is 0.246 e. The van der Waals surface area contributed by atoms with Crippen LogP contribution in [0.4, 0.5) is 5.82 Å². The number of carbonyl (C=O) groups excluding carboxylic acids is 2. The zero-order chi connectivity index (χ0) is 20.1. The molecule has 0 aliphatic carbocycles. The molecule has 2 heterocycles. The molecule has 8 heteroatoms. The molecule has 1 aliphatic heterocycles. The molecule has 2 aromatic rings. The van der Waals surface area contributed by atoms with Gasteiger partial charge >= 0.3 is 0 Å². The first-order chi connectivity index (χ1) is 13.5. The van der Waals surface area contributed by atoms with E-state index < -0.39 is 0 Å². The minimum Gasteiger partial charge on any atom is -0.361 e. The normalized spacial score (nSPS) is 14.7. The number of thioether (sulfide) groups is 1. The summed E-state index contributed by atoms with van der Waals surface area (Å²) in [4.78, 5) is 36.4. The Balaban J connectivity index is 1.90. The van der Waals surface area contributed by atoms with Crippen molar-refractivity contribution in [1.29, 1.82) is 0 Å². The maximum atomic E-state index is 12.7. The zero-order valence-electron chi connectivity index (χ0n) is 15.7. The molecule has 1 amide bonds. The van der Waals surface area contributed by atoms with Crippen LogP contribution in [0.25, 0.3) is 0 Å². The fraction of sp³-hybridized carbons (Fsp3) is 0.300. The number of amides is 1. The molecule has 0 saturated carbocycles. The van der Waals surface area contributed by atoms with Crippen LogP contribution in [0.3, 0.4) is 0 Å². The van der Waals surface area contributed by atoms with E-state index in [2.05, 4.69) is 15.3 Å². The number of rotatable bonds is 5. The predicted molar refractivity (Wildman–Crippen MR) is 112 cm³/mol. The highest BCUT2D eigenvalue weighted by Crippen LogP contribution is 2.31. The molecule has 0 atom stereocenters. The van der Waals surface area contributed by atoms with Gasteiger partial charge < -0.3 is 10.2 Å². The van der Waals surface area contributed by atoms with Gasteiger partial charge in [0, 0.05) is 33.8 Å². The lowest BCUT2D eigenvalue weighted by atomic mass is 10.2. The Morgan fingerprint density at radius 1 is 1.32 bits per heavy atom. The molecule has 146 valence electrons.